The molecule has 6 aliphatic heterocycles. The number of carbonyl (C=O) groups excluding carboxylic acids is 19. The number of nitrogens with zero attached hydrogens (tertiary/aromatic N) is 6. The molecule has 7 rings (SSSR count). The largest absolute Gasteiger partial charge is 0.391 e. The molecule has 1 aromatic rings. The Kier molecular flexibility index (Phi) is 45.4. The van der Waals surface area contributed by atoms with E-state index in [9.17, 15) is 91.4 Å². The normalized spacial score (nSPS) is 21.2. The first-order valence-electron chi connectivity index (χ1n) is 47.4. The van der Waals surface area contributed by atoms with Gasteiger partial charge in [0.2, 0.25) is 106 Å². The second-order valence-corrected chi connectivity index (χ2v) is 38.4. The van der Waals surface area contributed by atoms with E-state index in [4.69, 9.17) is 34.4 Å². The number of aromatic nitrogens is 2. The van der Waals surface area contributed by atoms with E-state index in [1.54, 1.807) is 13.8 Å². The van der Waals surface area contributed by atoms with Crippen molar-refractivity contribution >= 4 is 143 Å². The van der Waals surface area contributed by atoms with Crippen LogP contribution in [0.25, 0.3) is 0 Å². The Labute approximate surface area is 801 Å². The lowest BCUT2D eigenvalue weighted by Gasteiger charge is -2.33. The molecule has 136 heavy (non-hydrogen) atoms. The van der Waals surface area contributed by atoms with Gasteiger partial charge in [0, 0.05) is 81.4 Å². The van der Waals surface area contributed by atoms with Gasteiger partial charge < -0.3 is 139 Å². The van der Waals surface area contributed by atoms with Crippen LogP contribution in [0.3, 0.4) is 0 Å². The molecule has 28 N–H and O–H groups in total. The number of aliphatic hydroxyl groups is 1. The molecule has 0 radical (unpaired) electrons. The molecule has 7 heterocycles. The van der Waals surface area contributed by atoms with Gasteiger partial charge in [-0.05, 0) is 187 Å². The predicted molar refractivity (Wildman–Crippen MR) is 503 cm³/mol. The first-order chi connectivity index (χ1) is 64.5. The average Bonchev–Trinajstić information content (AvgIpc) is 1.64. The number of aromatic amines is 1. The Hall–Kier alpha value is -11.2. The number of aliphatic imine (C=N–C) groups is 1. The predicted octanol–water partition coefficient (Wildman–Crippen LogP) is -6.02. The van der Waals surface area contributed by atoms with Crippen LogP contribution in [0.5, 0.6) is 0 Å². The van der Waals surface area contributed by atoms with Crippen LogP contribution in [-0.4, -0.2) is 330 Å². The molecule has 0 bridgehead atoms. The topological polar surface area (TPSA) is 723 Å². The number of hydrogen-bond acceptors (Lipinski definition) is 26. The molecule has 20 atom stereocenters. The summed E-state index contributed by atoms with van der Waals surface area (Å²) in [6, 6.07) is -20.5. The quantitative estimate of drug-likeness (QED) is 0.00949. The van der Waals surface area contributed by atoms with E-state index in [0.717, 1.165) is 18.6 Å². The van der Waals surface area contributed by atoms with Crippen molar-refractivity contribution in [3.8, 4) is 0 Å². The zero-order valence-corrected chi connectivity index (χ0v) is 80.8. The van der Waals surface area contributed by atoms with E-state index in [2.05, 4.69) is 102 Å². The molecule has 760 valence electrons. The van der Waals surface area contributed by atoms with Gasteiger partial charge in [-0.3, -0.25) is 91.3 Å². The van der Waals surface area contributed by atoms with E-state index >= 15 is 4.79 Å². The number of thioether (sulfide) groups is 1. The lowest BCUT2D eigenvalue weighted by atomic mass is 10.0. The van der Waals surface area contributed by atoms with Crippen LogP contribution in [0.15, 0.2) is 17.5 Å². The van der Waals surface area contributed by atoms with Crippen LogP contribution in [0.4, 0.5) is 4.79 Å². The van der Waals surface area contributed by atoms with Gasteiger partial charge >= 0.3 is 6.03 Å². The third kappa shape index (κ3) is 33.9. The van der Waals surface area contributed by atoms with Crippen molar-refractivity contribution in [2.75, 3.05) is 57.3 Å². The highest BCUT2D eigenvalue weighted by Crippen LogP contribution is 2.34. The number of unbranched alkanes of at least 4 members (excludes halogenated alkanes) is 3. The summed E-state index contributed by atoms with van der Waals surface area (Å²) in [5.74, 6) is -13.6. The third-order valence-corrected chi connectivity index (χ3v) is 26.7. The first kappa shape index (κ1) is 112. The molecule has 0 spiro atoms. The van der Waals surface area contributed by atoms with E-state index in [1.165, 1.54) is 59.8 Å². The van der Waals surface area contributed by atoms with E-state index in [-0.39, 0.29) is 170 Å². The molecule has 49 heteroatoms. The summed E-state index contributed by atoms with van der Waals surface area (Å²) in [5, 5.41) is 49.2. The molecule has 1 aromatic heterocycles. The number of nitrogens with one attached hydrogen (secondary N) is 15. The number of aliphatic hydroxyl groups excluding tert-OH is 1. The van der Waals surface area contributed by atoms with Gasteiger partial charge in [-0.1, -0.05) is 34.1 Å². The molecule has 20 amide bonds. The van der Waals surface area contributed by atoms with Crippen LogP contribution >= 0.6 is 24.4 Å². The Morgan fingerprint density at radius 2 is 0.985 bits per heavy atom. The lowest BCUT2D eigenvalue weighted by Crippen LogP contribution is -2.62. The molecule has 0 aliphatic carbocycles. The Morgan fingerprint density at radius 1 is 0.515 bits per heavy atom. The number of primary amides is 2. The highest BCUT2D eigenvalue weighted by molar-refractivity contribution is 8.00. The Morgan fingerprint density at radius 3 is 1.50 bits per heavy atom. The summed E-state index contributed by atoms with van der Waals surface area (Å²) >= 11 is 6.13. The molecule has 0 saturated carbocycles. The second-order valence-electron chi connectivity index (χ2n) is 36.7. The number of thiol groups is 1. The molecular formula is C87H145N27O20S2. The molecule has 0 aromatic carbocycles. The number of rotatable bonds is 56. The van der Waals surface area contributed by atoms with Crippen molar-refractivity contribution in [2.45, 2.75) is 336 Å². The SMILES string of the molecule is CC(C)C[C@H](NC(=O)[C@H](CCCN=C(N)N)NC(=O)[C@H](C)N)C(=O)N1CCC[C@H]1C(=O)N[C@@H](C)C(=O)N[C@H](C(=O)N[C@@H](CCS)C(=O)N[C@H](C(=O)N[C@@H](Cc1cnc[nH]1)C(=O)N1CCC[C@H]1C(=O)N[C@@H](CCCCN)C(=O)N1CCC[C@H]1C(=O)N[C@@H](C)C(=O)N[C@@H](CCC(N)=O)C(=O)N1CCC[C@H]1C(=O)N[C@@H](CCCCNC(=O)CCCC[C@@H]1SC[C@@H]2NC(=O)N[C@@H]21)C(N)=O)C(C)C)[C@@H](C)O. The van der Waals surface area contributed by atoms with Gasteiger partial charge in [-0.2, -0.15) is 24.4 Å². The van der Waals surface area contributed by atoms with Crippen molar-refractivity contribution < 1.29 is 96.2 Å². The van der Waals surface area contributed by atoms with Gasteiger partial charge in [0.25, 0.3) is 0 Å². The number of guanidine groups is 1. The smallest absolute Gasteiger partial charge is 0.315 e. The number of imidazole rings is 1. The van der Waals surface area contributed by atoms with Crippen molar-refractivity contribution in [3.05, 3.63) is 18.2 Å². The van der Waals surface area contributed by atoms with Gasteiger partial charge in [0.1, 0.15) is 90.6 Å². The van der Waals surface area contributed by atoms with E-state index in [0.29, 0.717) is 76.4 Å². The summed E-state index contributed by atoms with van der Waals surface area (Å²) in [5.41, 5.74) is 34.3. The molecule has 0 unspecified atom stereocenters. The molecule has 6 saturated heterocycles. The highest BCUT2D eigenvalue weighted by atomic mass is 32.2. The van der Waals surface area contributed by atoms with Gasteiger partial charge in [0.15, 0.2) is 5.96 Å². The minimum absolute atomic E-state index is 0.0152. The summed E-state index contributed by atoms with van der Waals surface area (Å²) < 4.78 is 0. The Balaban J connectivity index is 0.930. The molecule has 6 aliphatic rings. The van der Waals surface area contributed by atoms with Crippen LogP contribution in [0.2, 0.25) is 0 Å². The van der Waals surface area contributed by atoms with Gasteiger partial charge in [-0.15, -0.1) is 0 Å². The highest BCUT2D eigenvalue weighted by Gasteiger charge is 2.48. The summed E-state index contributed by atoms with van der Waals surface area (Å²) in [6.07, 6.45) is 6.97. The number of carbonyl (C=O) groups is 19. The average molecular weight is 1950 g/mol. The van der Waals surface area contributed by atoms with Crippen LogP contribution < -0.4 is 109 Å². The van der Waals surface area contributed by atoms with E-state index in [1.807, 2.05) is 25.6 Å². The summed E-state index contributed by atoms with van der Waals surface area (Å²) in [6.45, 7) is 13.0. The standard InChI is InChI=1S/C87H145N27O20S2/c1-45(2)40-57(105-74(122)53(101-71(119)47(5)89)22-15-34-96-86(92)93)84(132)113-37-17-24-61(113)77(125)99-49(7)73(121)109-68(50(8)115)81(129)102-54(31-39-135)75(123)108-67(46(3)4)80(128)106-58(41-51-42-94-44-97-51)85(133)114-38-19-26-63(114)79(127)104-55(21-11-13-32-88)82(130)111-35-16-23-60(111)76(124)98-48(6)72(120)103-56(29-30-65(90)116)83(131)112-36-18-25-62(112)78(126)100-52(70(91)118)20-12-14-33-95-66(117)28-10-9-27-64-69-59(43-136-64)107-87(134)110-69/h42,44-50,52-64,67-69,115,135H,9-41,43,88-89H2,1-8H3,(H2,90,116)(H2,91,118)(H,94,97)(H,95,117)(H,98,124)(H,99,125)(H,100,126)(H,101,119)(H,102,129)(H,103,120)(H,104,127)(H,105,122)(H,106,128)(H,108,123)(H,109,121)(H4,92,93,96)(H2,107,110,134)/t47-,48-,49-,50+,52-,53-,54-,55-,56-,57-,58-,59-,60-,61-,62-,63-,64-,67-,68-,69-/m0/s1. The minimum Gasteiger partial charge on any atom is -0.391 e. The monoisotopic (exact) mass is 1950 g/mol. The fourth-order valence-corrected chi connectivity index (χ4v) is 19.3. The number of urea groups is 1. The maximum atomic E-state index is 15.1. The zero-order chi connectivity index (χ0) is 100. The summed E-state index contributed by atoms with van der Waals surface area (Å²) in [4.78, 5) is 279. The maximum Gasteiger partial charge on any atom is 0.315 e. The maximum absolute atomic E-state index is 15.1. The van der Waals surface area contributed by atoms with Gasteiger partial charge in [0.05, 0.1) is 30.6 Å². The van der Waals surface area contributed by atoms with Crippen molar-refractivity contribution in [3.63, 3.8) is 0 Å². The van der Waals surface area contributed by atoms with Crippen molar-refractivity contribution in [1.29, 1.82) is 0 Å². The van der Waals surface area contributed by atoms with Crippen LogP contribution in [0, 0.1) is 11.8 Å². The number of nitrogens with two attached hydrogens (primary N) is 6. The number of fused-ring (bicyclic) bond motifs is 1. The minimum atomic E-state index is -1.75. The molecular weight excluding hydrogens is 1810 g/mol. The molecule has 47 nitrogen and oxygen atoms in total. The zero-order valence-electron chi connectivity index (χ0n) is 79.1. The van der Waals surface area contributed by atoms with Gasteiger partial charge in [-0.25, -0.2) is 9.78 Å². The number of likely N-dealkylation sites (tertiary alicyclic amines) is 4. The third-order valence-electron chi connectivity index (χ3n) is 25.0. The fourth-order valence-electron chi connectivity index (χ4n) is 17.5. The lowest BCUT2D eigenvalue weighted by molar-refractivity contribution is -0.145. The second kappa shape index (κ2) is 55.3. The van der Waals surface area contributed by atoms with Crippen LogP contribution in [-0.2, 0) is 92.7 Å². The van der Waals surface area contributed by atoms with E-state index < -0.39 is 209 Å². The van der Waals surface area contributed by atoms with Crippen molar-refractivity contribution in [2.24, 2.45) is 51.2 Å². The number of amides is 20. The van der Waals surface area contributed by atoms with Crippen molar-refractivity contribution in [1.82, 2.24) is 104 Å². The first-order valence-corrected chi connectivity index (χ1v) is 49.1. The Bertz CT molecular complexity index is 4340. The number of H-pyrrole nitrogens is 1. The number of hydrogen-bond donors (Lipinski definition) is 23. The molecule has 6 fully saturated rings. The fraction of sp³-hybridized carbons (Fsp3) is 0.736. The summed E-state index contributed by atoms with van der Waals surface area (Å²) in [7, 11) is 0. The van der Waals surface area contributed by atoms with Crippen LogP contribution in [0.1, 0.15) is 215 Å².